The molecule has 0 aromatic heterocycles. The monoisotopic (exact) mass is 460 g/mol. The van der Waals surface area contributed by atoms with E-state index in [0.717, 1.165) is 16.0 Å². The van der Waals surface area contributed by atoms with Crippen LogP contribution in [0.15, 0.2) is 108 Å². The molecule has 0 amide bonds. The van der Waals surface area contributed by atoms with Crippen molar-refractivity contribution in [1.29, 1.82) is 0 Å². The van der Waals surface area contributed by atoms with E-state index in [1.54, 1.807) is 0 Å². The molecule has 0 radical (unpaired) electrons. The van der Waals surface area contributed by atoms with Crippen LogP contribution in [0.5, 0.6) is 11.5 Å². The number of rotatable bonds is 0. The molecule has 31 heavy (non-hydrogen) atoms. The van der Waals surface area contributed by atoms with Gasteiger partial charge in [0.05, 0.1) is 5.41 Å². The second-order valence-corrected chi connectivity index (χ2v) is 9.19. The Kier molecular flexibility index (Phi) is 3.40. The van der Waals surface area contributed by atoms with Gasteiger partial charge in [-0.15, -0.1) is 0 Å². The highest BCUT2D eigenvalue weighted by Crippen LogP contribution is 2.62. The van der Waals surface area contributed by atoms with Gasteiger partial charge in [0.2, 0.25) is 0 Å². The summed E-state index contributed by atoms with van der Waals surface area (Å²) in [5.74, 6) is 1.85. The zero-order valence-corrected chi connectivity index (χ0v) is 18.2. The maximum absolute atomic E-state index is 6.40. The lowest BCUT2D eigenvalue weighted by Crippen LogP contribution is -2.32. The van der Waals surface area contributed by atoms with Gasteiger partial charge in [0.25, 0.3) is 0 Å². The van der Waals surface area contributed by atoms with Gasteiger partial charge in [-0.25, -0.2) is 0 Å². The van der Waals surface area contributed by atoms with Gasteiger partial charge in [-0.3, -0.25) is 0 Å². The van der Waals surface area contributed by atoms with E-state index >= 15 is 0 Å². The van der Waals surface area contributed by atoms with E-state index in [4.69, 9.17) is 4.74 Å². The third-order valence-electron chi connectivity index (χ3n) is 6.77. The van der Waals surface area contributed by atoms with Crippen LogP contribution in [0.4, 0.5) is 0 Å². The van der Waals surface area contributed by atoms with Gasteiger partial charge < -0.3 is 4.74 Å². The first-order valence-corrected chi connectivity index (χ1v) is 11.3. The molecule has 5 aromatic carbocycles. The molecule has 1 aliphatic heterocycles. The van der Waals surface area contributed by atoms with Crippen molar-refractivity contribution in [2.75, 3.05) is 0 Å². The predicted molar refractivity (Wildman–Crippen MR) is 129 cm³/mol. The van der Waals surface area contributed by atoms with E-state index in [2.05, 4.69) is 119 Å². The van der Waals surface area contributed by atoms with E-state index in [1.807, 2.05) is 0 Å². The van der Waals surface area contributed by atoms with Crippen molar-refractivity contribution in [3.63, 3.8) is 0 Å². The minimum Gasteiger partial charge on any atom is -0.457 e. The zero-order chi connectivity index (χ0) is 20.6. The molecule has 0 bridgehead atoms. The normalized spacial score (nSPS) is 14.5. The van der Waals surface area contributed by atoms with Crippen molar-refractivity contribution >= 4 is 26.7 Å². The molecule has 1 nitrogen and oxygen atoms in total. The lowest BCUT2D eigenvalue weighted by Gasteiger charge is -2.39. The minimum absolute atomic E-state index is 0.402. The van der Waals surface area contributed by atoms with Crippen molar-refractivity contribution in [2.45, 2.75) is 5.41 Å². The molecule has 7 rings (SSSR count). The molecule has 5 aromatic rings. The summed E-state index contributed by atoms with van der Waals surface area (Å²) in [6, 6.07) is 37.0. The van der Waals surface area contributed by atoms with E-state index < -0.39 is 5.41 Å². The van der Waals surface area contributed by atoms with Gasteiger partial charge in [-0.1, -0.05) is 82.7 Å². The maximum atomic E-state index is 6.40. The Morgan fingerprint density at radius 2 is 1.10 bits per heavy atom. The van der Waals surface area contributed by atoms with Crippen LogP contribution in [0.3, 0.4) is 0 Å². The largest absolute Gasteiger partial charge is 0.457 e. The molecule has 0 unspecified atom stereocenters. The first-order valence-electron chi connectivity index (χ1n) is 10.5. The molecule has 2 heteroatoms. The Morgan fingerprint density at radius 3 is 1.81 bits per heavy atom. The summed E-state index contributed by atoms with van der Waals surface area (Å²) in [4.78, 5) is 0. The SMILES string of the molecule is Brc1ccc2c(c1)-c1cc3ccccc3cc1C21c2ccccc2Oc2ccccc21. The Labute approximate surface area is 189 Å². The number of hydrogen-bond donors (Lipinski definition) is 0. The average Bonchev–Trinajstić information content (AvgIpc) is 3.07. The Hall–Kier alpha value is -3.36. The molecule has 0 saturated heterocycles. The standard InChI is InChI=1S/C29H17BrO/c30-20-13-14-23-22(17-20)21-15-18-7-1-2-8-19(18)16-26(21)29(23)24-9-3-5-11-27(24)31-28-12-6-4-10-25(28)29/h1-17H. The smallest absolute Gasteiger partial charge is 0.132 e. The number of benzene rings is 5. The van der Waals surface area contributed by atoms with Crippen LogP contribution in [-0.4, -0.2) is 0 Å². The van der Waals surface area contributed by atoms with Crippen molar-refractivity contribution < 1.29 is 4.74 Å². The van der Waals surface area contributed by atoms with Gasteiger partial charge in [0.15, 0.2) is 0 Å². The first-order chi connectivity index (χ1) is 15.3. The van der Waals surface area contributed by atoms with Crippen LogP contribution in [0.25, 0.3) is 21.9 Å². The number of fused-ring (bicyclic) bond motifs is 10. The lowest BCUT2D eigenvalue weighted by molar-refractivity contribution is 0.436. The summed E-state index contributed by atoms with van der Waals surface area (Å²) in [7, 11) is 0. The fourth-order valence-corrected chi connectivity index (χ4v) is 5.92. The maximum Gasteiger partial charge on any atom is 0.132 e. The first kappa shape index (κ1) is 17.3. The van der Waals surface area contributed by atoms with Crippen LogP contribution in [0.1, 0.15) is 22.3 Å². The van der Waals surface area contributed by atoms with E-state index in [1.165, 1.54) is 44.2 Å². The van der Waals surface area contributed by atoms with Gasteiger partial charge in [0, 0.05) is 15.6 Å². The second kappa shape index (κ2) is 6.09. The summed E-state index contributed by atoms with van der Waals surface area (Å²) in [5.41, 5.74) is 7.20. The zero-order valence-electron chi connectivity index (χ0n) is 16.6. The quantitative estimate of drug-likeness (QED) is 0.222. The average molecular weight is 461 g/mol. The number of halogens is 1. The van der Waals surface area contributed by atoms with Gasteiger partial charge in [-0.2, -0.15) is 0 Å². The predicted octanol–water partition coefficient (Wildman–Crippen LogP) is 8.07. The van der Waals surface area contributed by atoms with Crippen LogP contribution in [0, 0.1) is 0 Å². The lowest BCUT2D eigenvalue weighted by atomic mass is 9.66. The second-order valence-electron chi connectivity index (χ2n) is 8.28. The molecule has 146 valence electrons. The summed E-state index contributed by atoms with van der Waals surface area (Å²) < 4.78 is 7.49. The van der Waals surface area contributed by atoms with E-state index in [0.29, 0.717) is 0 Å². The number of ether oxygens (including phenoxy) is 1. The van der Waals surface area contributed by atoms with Gasteiger partial charge in [0.1, 0.15) is 11.5 Å². The third kappa shape index (κ3) is 2.15. The Balaban J connectivity index is 1.73. The summed E-state index contributed by atoms with van der Waals surface area (Å²) in [6.45, 7) is 0. The molecule has 2 aliphatic rings. The number of para-hydroxylation sites is 2. The molecule has 0 atom stereocenters. The molecule has 1 heterocycles. The fraction of sp³-hybridized carbons (Fsp3) is 0.0345. The van der Waals surface area contributed by atoms with Crippen LogP contribution >= 0.6 is 15.9 Å². The summed E-state index contributed by atoms with van der Waals surface area (Å²) in [6.07, 6.45) is 0. The molecular weight excluding hydrogens is 444 g/mol. The Bertz CT molecular complexity index is 1490. The minimum atomic E-state index is -0.402. The Morgan fingerprint density at radius 1 is 0.516 bits per heavy atom. The molecule has 0 saturated carbocycles. The van der Waals surface area contributed by atoms with Crippen molar-refractivity contribution in [3.8, 4) is 22.6 Å². The molecule has 1 spiro atoms. The molecule has 0 fully saturated rings. The van der Waals surface area contributed by atoms with E-state index in [9.17, 15) is 0 Å². The van der Waals surface area contributed by atoms with Crippen molar-refractivity contribution in [2.24, 2.45) is 0 Å². The summed E-state index contributed by atoms with van der Waals surface area (Å²) >= 11 is 3.72. The van der Waals surface area contributed by atoms with Crippen molar-refractivity contribution in [1.82, 2.24) is 0 Å². The third-order valence-corrected chi connectivity index (χ3v) is 7.26. The van der Waals surface area contributed by atoms with Gasteiger partial charge >= 0.3 is 0 Å². The van der Waals surface area contributed by atoms with Crippen LogP contribution < -0.4 is 4.74 Å². The van der Waals surface area contributed by atoms with Gasteiger partial charge in [-0.05, 0) is 69.4 Å². The number of hydrogen-bond acceptors (Lipinski definition) is 1. The van der Waals surface area contributed by atoms with Crippen molar-refractivity contribution in [3.05, 3.63) is 130 Å². The van der Waals surface area contributed by atoms with E-state index in [-0.39, 0.29) is 0 Å². The van der Waals surface area contributed by atoms with Crippen LogP contribution in [-0.2, 0) is 5.41 Å². The highest BCUT2D eigenvalue weighted by atomic mass is 79.9. The highest BCUT2D eigenvalue weighted by Gasteiger charge is 2.51. The molecule has 0 N–H and O–H groups in total. The summed E-state index contributed by atoms with van der Waals surface area (Å²) in [5, 5.41) is 2.52. The molecule has 1 aliphatic carbocycles. The fourth-order valence-electron chi connectivity index (χ4n) is 5.56. The van der Waals surface area contributed by atoms with Crippen LogP contribution in [0.2, 0.25) is 0 Å². The molecular formula is C29H17BrO. The highest BCUT2D eigenvalue weighted by molar-refractivity contribution is 9.10. The topological polar surface area (TPSA) is 9.23 Å².